The largest absolute Gasteiger partial charge is 0.287 e. The fourth-order valence-corrected chi connectivity index (χ4v) is 4.65. The SMILES string of the molecule is CCn1c(SCc2cccc(C#N)c2)nc2sc(C)c(C)c2c1=O. The van der Waals surface area contributed by atoms with Crippen LogP contribution in [0.5, 0.6) is 0 Å². The van der Waals surface area contributed by atoms with Gasteiger partial charge in [-0.15, -0.1) is 11.3 Å². The summed E-state index contributed by atoms with van der Waals surface area (Å²) in [5.74, 6) is 0.677. The lowest BCUT2D eigenvalue weighted by Crippen LogP contribution is -2.22. The molecule has 0 saturated heterocycles. The third-order valence-electron chi connectivity index (χ3n) is 3.99. The van der Waals surface area contributed by atoms with E-state index in [0.29, 0.717) is 17.9 Å². The van der Waals surface area contributed by atoms with Crippen LogP contribution in [0.1, 0.15) is 28.5 Å². The molecule has 0 aliphatic rings. The van der Waals surface area contributed by atoms with Crippen LogP contribution in [0.15, 0.2) is 34.2 Å². The van der Waals surface area contributed by atoms with Crippen LogP contribution in [0.2, 0.25) is 0 Å². The minimum Gasteiger partial charge on any atom is -0.287 e. The van der Waals surface area contributed by atoms with Crippen molar-refractivity contribution in [1.29, 1.82) is 5.26 Å². The highest BCUT2D eigenvalue weighted by Crippen LogP contribution is 2.29. The van der Waals surface area contributed by atoms with E-state index in [1.54, 1.807) is 22.0 Å². The van der Waals surface area contributed by atoms with Crippen LogP contribution in [0.4, 0.5) is 0 Å². The molecule has 2 aromatic heterocycles. The molecular formula is C18H17N3OS2. The normalized spacial score (nSPS) is 10.9. The van der Waals surface area contributed by atoms with Gasteiger partial charge >= 0.3 is 0 Å². The van der Waals surface area contributed by atoms with Crippen LogP contribution in [0, 0.1) is 25.2 Å². The highest BCUT2D eigenvalue weighted by Gasteiger charge is 2.16. The zero-order valence-corrected chi connectivity index (χ0v) is 15.4. The van der Waals surface area contributed by atoms with Gasteiger partial charge in [0.15, 0.2) is 5.16 Å². The Hall–Kier alpha value is -2.10. The minimum absolute atomic E-state index is 0.0395. The summed E-state index contributed by atoms with van der Waals surface area (Å²) in [7, 11) is 0. The van der Waals surface area contributed by atoms with Crippen molar-refractivity contribution in [3.8, 4) is 6.07 Å². The quantitative estimate of drug-likeness (QED) is 0.518. The Balaban J connectivity index is 2.00. The Bertz CT molecular complexity index is 1010. The molecular weight excluding hydrogens is 338 g/mol. The van der Waals surface area contributed by atoms with Gasteiger partial charge in [0.1, 0.15) is 4.83 Å². The minimum atomic E-state index is 0.0395. The van der Waals surface area contributed by atoms with Crippen LogP contribution < -0.4 is 5.56 Å². The summed E-state index contributed by atoms with van der Waals surface area (Å²) in [6, 6.07) is 9.68. The number of aryl methyl sites for hydroxylation is 2. The van der Waals surface area contributed by atoms with Gasteiger partial charge in [-0.3, -0.25) is 9.36 Å². The molecule has 0 bridgehead atoms. The van der Waals surface area contributed by atoms with Crippen molar-refractivity contribution in [3.05, 3.63) is 56.2 Å². The standard InChI is InChI=1S/C18H17N3OS2/c1-4-21-17(22)15-11(2)12(3)24-16(15)20-18(21)23-10-14-7-5-6-13(8-14)9-19/h5-8H,4,10H2,1-3H3. The van der Waals surface area contributed by atoms with Crippen LogP contribution in [0.25, 0.3) is 10.2 Å². The van der Waals surface area contributed by atoms with Crippen LogP contribution in [-0.2, 0) is 12.3 Å². The van der Waals surface area contributed by atoms with E-state index in [-0.39, 0.29) is 5.56 Å². The fourth-order valence-electron chi connectivity index (χ4n) is 2.58. The lowest BCUT2D eigenvalue weighted by Gasteiger charge is -2.10. The van der Waals surface area contributed by atoms with Gasteiger partial charge in [-0.2, -0.15) is 5.26 Å². The summed E-state index contributed by atoms with van der Waals surface area (Å²) in [6.45, 7) is 6.57. The number of fused-ring (bicyclic) bond motifs is 1. The molecule has 0 aliphatic carbocycles. The maximum Gasteiger partial charge on any atom is 0.263 e. The molecule has 3 rings (SSSR count). The number of hydrogen-bond donors (Lipinski definition) is 0. The molecule has 0 atom stereocenters. The number of aromatic nitrogens is 2. The second-order valence-corrected chi connectivity index (χ2v) is 7.65. The monoisotopic (exact) mass is 355 g/mol. The summed E-state index contributed by atoms with van der Waals surface area (Å²) in [4.78, 5) is 19.5. The van der Waals surface area contributed by atoms with Gasteiger partial charge in [0.25, 0.3) is 5.56 Å². The predicted molar refractivity (Wildman–Crippen MR) is 99.7 cm³/mol. The van der Waals surface area contributed by atoms with Crippen molar-refractivity contribution >= 4 is 33.3 Å². The van der Waals surface area contributed by atoms with E-state index in [2.05, 4.69) is 6.07 Å². The number of hydrogen-bond acceptors (Lipinski definition) is 5. The number of rotatable bonds is 4. The fraction of sp³-hybridized carbons (Fsp3) is 0.278. The van der Waals surface area contributed by atoms with E-state index in [1.165, 1.54) is 11.8 Å². The first-order valence-corrected chi connectivity index (χ1v) is 9.47. The van der Waals surface area contributed by atoms with Gasteiger partial charge in [-0.1, -0.05) is 23.9 Å². The van der Waals surface area contributed by atoms with Crippen molar-refractivity contribution in [2.45, 2.75) is 38.2 Å². The Morgan fingerprint density at radius 3 is 2.88 bits per heavy atom. The van der Waals surface area contributed by atoms with E-state index in [4.69, 9.17) is 10.2 Å². The van der Waals surface area contributed by atoms with E-state index in [9.17, 15) is 4.79 Å². The van der Waals surface area contributed by atoms with Gasteiger partial charge in [0, 0.05) is 17.2 Å². The molecule has 0 unspecified atom stereocenters. The van der Waals surface area contributed by atoms with Crippen molar-refractivity contribution < 1.29 is 0 Å². The van der Waals surface area contributed by atoms with Gasteiger partial charge < -0.3 is 0 Å². The molecule has 0 radical (unpaired) electrons. The van der Waals surface area contributed by atoms with Gasteiger partial charge in [0.2, 0.25) is 0 Å². The molecule has 0 fully saturated rings. The topological polar surface area (TPSA) is 58.7 Å². The van der Waals surface area contributed by atoms with Gasteiger partial charge in [-0.25, -0.2) is 4.98 Å². The lowest BCUT2D eigenvalue weighted by molar-refractivity contribution is 0.635. The van der Waals surface area contributed by atoms with E-state index < -0.39 is 0 Å². The van der Waals surface area contributed by atoms with E-state index in [0.717, 1.165) is 31.4 Å². The second-order valence-electron chi connectivity index (χ2n) is 5.51. The average Bonchev–Trinajstić information content (AvgIpc) is 2.87. The van der Waals surface area contributed by atoms with Crippen molar-refractivity contribution in [1.82, 2.24) is 9.55 Å². The molecule has 1 aromatic carbocycles. The zero-order chi connectivity index (χ0) is 17.3. The van der Waals surface area contributed by atoms with Crippen molar-refractivity contribution in [3.63, 3.8) is 0 Å². The summed E-state index contributed by atoms with van der Waals surface area (Å²) in [6.07, 6.45) is 0. The summed E-state index contributed by atoms with van der Waals surface area (Å²) >= 11 is 3.11. The zero-order valence-electron chi connectivity index (χ0n) is 13.8. The smallest absolute Gasteiger partial charge is 0.263 e. The van der Waals surface area contributed by atoms with E-state index >= 15 is 0 Å². The summed E-state index contributed by atoms with van der Waals surface area (Å²) < 4.78 is 1.74. The Labute approximate surface area is 148 Å². The Morgan fingerprint density at radius 1 is 1.38 bits per heavy atom. The van der Waals surface area contributed by atoms with Crippen molar-refractivity contribution in [2.24, 2.45) is 0 Å². The molecule has 4 nitrogen and oxygen atoms in total. The number of nitriles is 1. The van der Waals surface area contributed by atoms with Crippen LogP contribution in [0.3, 0.4) is 0 Å². The third kappa shape index (κ3) is 2.97. The van der Waals surface area contributed by atoms with Crippen LogP contribution in [-0.4, -0.2) is 9.55 Å². The molecule has 0 amide bonds. The molecule has 0 saturated carbocycles. The molecule has 6 heteroatoms. The highest BCUT2D eigenvalue weighted by molar-refractivity contribution is 7.98. The average molecular weight is 355 g/mol. The molecule has 2 heterocycles. The van der Waals surface area contributed by atoms with E-state index in [1.807, 2.05) is 39.0 Å². The number of thioether (sulfide) groups is 1. The first-order valence-electron chi connectivity index (χ1n) is 7.67. The molecule has 24 heavy (non-hydrogen) atoms. The molecule has 3 aromatic rings. The number of thiophene rings is 1. The Kier molecular flexibility index (Phi) is 4.74. The van der Waals surface area contributed by atoms with Gasteiger partial charge in [0.05, 0.1) is 17.0 Å². The molecule has 0 aliphatic heterocycles. The Morgan fingerprint density at radius 2 is 2.17 bits per heavy atom. The predicted octanol–water partition coefficient (Wildman–Crippen LogP) is 4.26. The maximum atomic E-state index is 12.8. The molecule has 0 spiro atoms. The highest BCUT2D eigenvalue weighted by atomic mass is 32.2. The first kappa shape index (κ1) is 16.7. The first-order chi connectivity index (χ1) is 11.5. The summed E-state index contributed by atoms with van der Waals surface area (Å²) in [5.41, 5.74) is 2.77. The van der Waals surface area contributed by atoms with Crippen molar-refractivity contribution in [2.75, 3.05) is 0 Å². The third-order valence-corrected chi connectivity index (χ3v) is 6.14. The molecule has 122 valence electrons. The second kappa shape index (κ2) is 6.80. The summed E-state index contributed by atoms with van der Waals surface area (Å²) in [5, 5.41) is 10.5. The number of nitrogens with zero attached hydrogens (tertiary/aromatic N) is 3. The molecule has 0 N–H and O–H groups in total. The van der Waals surface area contributed by atoms with Gasteiger partial charge in [-0.05, 0) is 44.0 Å². The lowest BCUT2D eigenvalue weighted by atomic mass is 10.2. The van der Waals surface area contributed by atoms with Crippen LogP contribution >= 0.6 is 23.1 Å². The number of benzene rings is 1. The maximum absolute atomic E-state index is 12.8.